The van der Waals surface area contributed by atoms with E-state index in [1.54, 1.807) is 29.1 Å². The molecule has 0 radical (unpaired) electrons. The third-order valence-corrected chi connectivity index (χ3v) is 2.84. The maximum absolute atomic E-state index is 10.0. The fourth-order valence-corrected chi connectivity index (χ4v) is 1.89. The highest BCUT2D eigenvalue weighted by atomic mass is 32.1. The van der Waals surface area contributed by atoms with Crippen LogP contribution in [0.25, 0.3) is 0 Å². The average molecular weight is 166 g/mol. The van der Waals surface area contributed by atoms with Gasteiger partial charge in [0.05, 0.1) is 10.4 Å². The third kappa shape index (κ3) is 1.00. The summed E-state index contributed by atoms with van der Waals surface area (Å²) in [5.74, 6) is 0. The van der Waals surface area contributed by atoms with Gasteiger partial charge >= 0.3 is 0 Å². The van der Waals surface area contributed by atoms with Crippen LogP contribution in [0.5, 0.6) is 0 Å². The largest absolute Gasteiger partial charge is 0.253 e. The molecule has 1 heterocycles. The number of carbonyl (C=O) groups excluding carboxylic acids is 1. The van der Waals surface area contributed by atoms with Gasteiger partial charge in [0.1, 0.15) is 5.54 Å². The lowest BCUT2D eigenvalue weighted by molar-refractivity contribution is 0.557. The fourth-order valence-electron chi connectivity index (χ4n) is 1.06. The van der Waals surface area contributed by atoms with Crippen molar-refractivity contribution in [3.63, 3.8) is 0 Å². The highest BCUT2D eigenvalue weighted by Crippen LogP contribution is 2.50. The van der Waals surface area contributed by atoms with Gasteiger partial charge in [0.15, 0.2) is 0 Å². The highest BCUT2D eigenvalue weighted by Gasteiger charge is 2.46. The fraction of sp³-hybridized carbons (Fsp3) is 0.429. The van der Waals surface area contributed by atoms with Crippen molar-refractivity contribution >= 4 is 17.4 Å². The van der Waals surface area contributed by atoms with Crippen LogP contribution in [-0.2, 0) is 10.3 Å². The molecule has 1 fully saturated rings. The first-order valence-corrected chi connectivity index (χ1v) is 4.23. The zero-order valence-corrected chi connectivity index (χ0v) is 6.60. The van der Waals surface area contributed by atoms with Gasteiger partial charge in [-0.1, -0.05) is 0 Å². The Labute approximate surface area is 67.8 Å². The molecule has 3 nitrogen and oxygen atoms in total. The first kappa shape index (κ1) is 6.70. The number of aliphatic imine (C=N–C) groups is 1. The summed E-state index contributed by atoms with van der Waals surface area (Å²) < 4.78 is 0. The van der Waals surface area contributed by atoms with Crippen LogP contribution in [-0.4, -0.2) is 11.1 Å². The number of nitrogens with zero attached hydrogens (tertiary/aromatic N) is 2. The molecule has 0 aromatic carbocycles. The lowest BCUT2D eigenvalue weighted by Crippen LogP contribution is -1.97. The van der Waals surface area contributed by atoms with E-state index in [4.69, 9.17) is 0 Å². The van der Waals surface area contributed by atoms with E-state index in [0.717, 1.165) is 17.7 Å². The van der Waals surface area contributed by atoms with Crippen molar-refractivity contribution in [2.45, 2.75) is 18.4 Å². The van der Waals surface area contributed by atoms with E-state index < -0.39 is 0 Å². The number of isocyanates is 1. The Bertz CT molecular complexity index is 296. The summed E-state index contributed by atoms with van der Waals surface area (Å²) in [6, 6.07) is 0. The third-order valence-electron chi connectivity index (χ3n) is 1.87. The molecule has 0 amide bonds. The van der Waals surface area contributed by atoms with Crippen LogP contribution in [0.2, 0.25) is 0 Å². The number of hydrogen-bond donors (Lipinski definition) is 0. The topological polar surface area (TPSA) is 42.3 Å². The Hall–Kier alpha value is -0.990. The van der Waals surface area contributed by atoms with Gasteiger partial charge in [0.25, 0.3) is 0 Å². The van der Waals surface area contributed by atoms with E-state index in [1.807, 2.05) is 0 Å². The lowest BCUT2D eigenvalue weighted by atomic mass is 10.2. The van der Waals surface area contributed by atoms with Crippen LogP contribution in [0.3, 0.4) is 0 Å². The van der Waals surface area contributed by atoms with Gasteiger partial charge in [-0.2, -0.15) is 4.99 Å². The zero-order valence-electron chi connectivity index (χ0n) is 5.78. The zero-order chi connectivity index (χ0) is 7.73. The van der Waals surface area contributed by atoms with Crippen molar-refractivity contribution in [1.29, 1.82) is 0 Å². The molecule has 0 aliphatic heterocycles. The Morgan fingerprint density at radius 2 is 2.55 bits per heavy atom. The van der Waals surface area contributed by atoms with Crippen LogP contribution in [0.4, 0.5) is 0 Å². The van der Waals surface area contributed by atoms with Gasteiger partial charge in [0, 0.05) is 6.20 Å². The van der Waals surface area contributed by atoms with E-state index in [9.17, 15) is 4.79 Å². The number of hydrogen-bond acceptors (Lipinski definition) is 4. The standard InChI is InChI=1S/C7H6N2OS/c10-4-9-7(1-2-7)6-3-8-5-11-6/h3,5H,1-2H2. The maximum atomic E-state index is 10.0. The predicted molar refractivity (Wildman–Crippen MR) is 41.1 cm³/mol. The summed E-state index contributed by atoms with van der Waals surface area (Å²) in [7, 11) is 0. The van der Waals surface area contributed by atoms with Crippen molar-refractivity contribution < 1.29 is 4.79 Å². The van der Waals surface area contributed by atoms with E-state index in [0.29, 0.717) is 0 Å². The molecule has 1 aromatic rings. The van der Waals surface area contributed by atoms with Crippen molar-refractivity contribution in [2.75, 3.05) is 0 Å². The van der Waals surface area contributed by atoms with Crippen LogP contribution in [0.1, 0.15) is 17.7 Å². The first-order chi connectivity index (χ1) is 5.37. The van der Waals surface area contributed by atoms with Gasteiger partial charge in [0.2, 0.25) is 6.08 Å². The molecular formula is C7H6N2OS. The minimum atomic E-state index is -0.219. The Morgan fingerprint density at radius 1 is 1.73 bits per heavy atom. The molecule has 56 valence electrons. The average Bonchev–Trinajstić information content (AvgIpc) is 2.63. The molecule has 11 heavy (non-hydrogen) atoms. The molecule has 0 unspecified atom stereocenters. The van der Waals surface area contributed by atoms with Crippen molar-refractivity contribution in [2.24, 2.45) is 4.99 Å². The molecule has 0 N–H and O–H groups in total. The molecule has 0 bridgehead atoms. The highest BCUT2D eigenvalue weighted by molar-refractivity contribution is 7.09. The summed E-state index contributed by atoms with van der Waals surface area (Å²) in [4.78, 5) is 18.8. The monoisotopic (exact) mass is 166 g/mol. The predicted octanol–water partition coefficient (Wildman–Crippen LogP) is 1.47. The second-order valence-electron chi connectivity index (χ2n) is 2.60. The summed E-state index contributed by atoms with van der Waals surface area (Å²) in [6.07, 6.45) is 5.31. The molecule has 4 heteroatoms. The summed E-state index contributed by atoms with van der Waals surface area (Å²) in [5, 5.41) is 0. The lowest BCUT2D eigenvalue weighted by Gasteiger charge is -2.00. The van der Waals surface area contributed by atoms with E-state index in [1.165, 1.54) is 0 Å². The molecular weight excluding hydrogens is 160 g/mol. The Kier molecular flexibility index (Phi) is 1.37. The summed E-state index contributed by atoms with van der Waals surface area (Å²) in [6.45, 7) is 0. The van der Waals surface area contributed by atoms with Crippen LogP contribution in [0, 0.1) is 0 Å². The second kappa shape index (κ2) is 2.26. The molecule has 1 aliphatic rings. The van der Waals surface area contributed by atoms with Crippen LogP contribution >= 0.6 is 11.3 Å². The Balaban J connectivity index is 2.35. The van der Waals surface area contributed by atoms with Gasteiger partial charge < -0.3 is 0 Å². The number of thiazole rings is 1. The van der Waals surface area contributed by atoms with Crippen LogP contribution < -0.4 is 0 Å². The molecule has 0 spiro atoms. The van der Waals surface area contributed by atoms with E-state index in [-0.39, 0.29) is 5.54 Å². The van der Waals surface area contributed by atoms with Crippen molar-refractivity contribution in [3.8, 4) is 0 Å². The van der Waals surface area contributed by atoms with Gasteiger partial charge in [-0.3, -0.25) is 4.98 Å². The smallest absolute Gasteiger partial charge is 0.235 e. The Morgan fingerprint density at radius 3 is 3.00 bits per heavy atom. The van der Waals surface area contributed by atoms with Gasteiger partial charge in [-0.25, -0.2) is 4.79 Å². The minimum absolute atomic E-state index is 0.219. The van der Waals surface area contributed by atoms with Gasteiger partial charge in [-0.15, -0.1) is 11.3 Å². The molecule has 0 saturated heterocycles. The van der Waals surface area contributed by atoms with Gasteiger partial charge in [-0.05, 0) is 12.8 Å². The summed E-state index contributed by atoms with van der Waals surface area (Å²) in [5.41, 5.74) is 1.54. The quantitative estimate of drug-likeness (QED) is 0.493. The SMILES string of the molecule is O=C=NC1(c2cncs2)CC1. The normalized spacial score (nSPS) is 18.9. The molecule has 1 aliphatic carbocycles. The van der Waals surface area contributed by atoms with Crippen molar-refractivity contribution in [1.82, 2.24) is 4.98 Å². The maximum Gasteiger partial charge on any atom is 0.235 e. The van der Waals surface area contributed by atoms with E-state index in [2.05, 4.69) is 9.98 Å². The first-order valence-electron chi connectivity index (χ1n) is 3.35. The minimum Gasteiger partial charge on any atom is -0.253 e. The molecule has 1 aromatic heterocycles. The number of rotatable bonds is 2. The second-order valence-corrected chi connectivity index (χ2v) is 3.49. The van der Waals surface area contributed by atoms with E-state index >= 15 is 0 Å². The van der Waals surface area contributed by atoms with Crippen LogP contribution in [0.15, 0.2) is 16.7 Å². The number of aromatic nitrogens is 1. The van der Waals surface area contributed by atoms with Crippen molar-refractivity contribution in [3.05, 3.63) is 16.6 Å². The summed E-state index contributed by atoms with van der Waals surface area (Å²) >= 11 is 1.55. The molecule has 2 rings (SSSR count). The molecule has 1 saturated carbocycles. The molecule has 0 atom stereocenters.